The number of phenolic OH excluding ortho intramolecular Hbond substituents is 1. The Morgan fingerprint density at radius 1 is 1.31 bits per heavy atom. The average Bonchev–Trinajstić information content (AvgIpc) is 2.24. The second kappa shape index (κ2) is 4.77. The van der Waals surface area contributed by atoms with Crippen LogP contribution in [0.1, 0.15) is 38.2 Å². The third-order valence-electron chi connectivity index (χ3n) is 3.50. The largest absolute Gasteiger partial charge is 0.508 e. The van der Waals surface area contributed by atoms with E-state index in [2.05, 4.69) is 12.2 Å². The molecule has 2 atom stereocenters. The number of benzene rings is 1. The van der Waals surface area contributed by atoms with Crippen LogP contribution in [0, 0.1) is 12.8 Å². The minimum Gasteiger partial charge on any atom is -0.508 e. The monoisotopic (exact) mass is 219 g/mol. The Labute approximate surface area is 97.7 Å². The van der Waals surface area contributed by atoms with Crippen LogP contribution in [-0.2, 0) is 0 Å². The molecule has 2 rings (SSSR count). The van der Waals surface area contributed by atoms with Crippen molar-refractivity contribution in [3.8, 4) is 5.75 Å². The van der Waals surface area contributed by atoms with Crippen molar-refractivity contribution in [2.24, 2.45) is 5.92 Å². The molecule has 0 heterocycles. The molecular weight excluding hydrogens is 198 g/mol. The highest BCUT2D eigenvalue weighted by atomic mass is 16.3. The zero-order chi connectivity index (χ0) is 11.5. The Morgan fingerprint density at radius 2 is 2.12 bits per heavy atom. The van der Waals surface area contributed by atoms with Gasteiger partial charge in [-0.05, 0) is 49.4 Å². The van der Waals surface area contributed by atoms with E-state index in [9.17, 15) is 5.11 Å². The van der Waals surface area contributed by atoms with Crippen molar-refractivity contribution in [2.75, 3.05) is 5.32 Å². The van der Waals surface area contributed by atoms with Crippen LogP contribution in [0.2, 0.25) is 0 Å². The highest BCUT2D eigenvalue weighted by molar-refractivity contribution is 5.50. The van der Waals surface area contributed by atoms with Gasteiger partial charge in [-0.2, -0.15) is 0 Å². The fourth-order valence-electron chi connectivity index (χ4n) is 2.55. The molecule has 1 fully saturated rings. The fraction of sp³-hybridized carbons (Fsp3) is 0.571. The predicted molar refractivity (Wildman–Crippen MR) is 67.9 cm³/mol. The molecule has 2 unspecified atom stereocenters. The van der Waals surface area contributed by atoms with Gasteiger partial charge in [0.2, 0.25) is 0 Å². The first kappa shape index (κ1) is 11.3. The van der Waals surface area contributed by atoms with Gasteiger partial charge in [0, 0.05) is 11.7 Å². The lowest BCUT2D eigenvalue weighted by Gasteiger charge is -2.28. The average molecular weight is 219 g/mol. The second-order valence-corrected chi connectivity index (χ2v) is 5.11. The summed E-state index contributed by atoms with van der Waals surface area (Å²) in [7, 11) is 0. The molecule has 1 aliphatic rings. The van der Waals surface area contributed by atoms with Crippen molar-refractivity contribution in [1.29, 1.82) is 0 Å². The predicted octanol–water partition coefficient (Wildman–Crippen LogP) is 3.69. The van der Waals surface area contributed by atoms with Crippen molar-refractivity contribution in [1.82, 2.24) is 0 Å². The summed E-state index contributed by atoms with van der Waals surface area (Å²) in [6, 6.07) is 6.35. The maximum Gasteiger partial charge on any atom is 0.118 e. The molecule has 1 aromatic carbocycles. The van der Waals surface area contributed by atoms with E-state index in [0.29, 0.717) is 11.8 Å². The summed E-state index contributed by atoms with van der Waals surface area (Å²) in [6.07, 6.45) is 5.23. The molecule has 2 N–H and O–H groups in total. The van der Waals surface area contributed by atoms with E-state index in [4.69, 9.17) is 0 Å². The van der Waals surface area contributed by atoms with E-state index in [-0.39, 0.29) is 0 Å². The summed E-state index contributed by atoms with van der Waals surface area (Å²) in [5, 5.41) is 13.0. The van der Waals surface area contributed by atoms with Gasteiger partial charge in [-0.3, -0.25) is 0 Å². The van der Waals surface area contributed by atoms with Gasteiger partial charge in [0.25, 0.3) is 0 Å². The Morgan fingerprint density at radius 3 is 2.81 bits per heavy atom. The van der Waals surface area contributed by atoms with Crippen LogP contribution in [0.15, 0.2) is 18.2 Å². The number of hydrogen-bond donors (Lipinski definition) is 2. The highest BCUT2D eigenvalue weighted by Gasteiger charge is 2.18. The van der Waals surface area contributed by atoms with Crippen LogP contribution in [0.5, 0.6) is 5.75 Å². The van der Waals surface area contributed by atoms with E-state index in [0.717, 1.165) is 17.2 Å². The van der Waals surface area contributed by atoms with Gasteiger partial charge in [0.1, 0.15) is 5.75 Å². The molecule has 0 aliphatic heterocycles. The quantitative estimate of drug-likeness (QED) is 0.743. The van der Waals surface area contributed by atoms with Crippen molar-refractivity contribution >= 4 is 5.69 Å². The number of rotatable bonds is 2. The Kier molecular flexibility index (Phi) is 3.37. The smallest absolute Gasteiger partial charge is 0.118 e. The molecule has 1 aromatic rings. The molecule has 0 spiro atoms. The maximum absolute atomic E-state index is 9.46. The van der Waals surface area contributed by atoms with Gasteiger partial charge < -0.3 is 10.4 Å². The van der Waals surface area contributed by atoms with Crippen LogP contribution >= 0.6 is 0 Å². The normalized spacial score (nSPS) is 25.4. The molecule has 0 aromatic heterocycles. The van der Waals surface area contributed by atoms with Gasteiger partial charge in [0.15, 0.2) is 0 Å². The molecule has 2 nitrogen and oxygen atoms in total. The van der Waals surface area contributed by atoms with Crippen LogP contribution in [0.25, 0.3) is 0 Å². The van der Waals surface area contributed by atoms with E-state index in [1.54, 1.807) is 6.07 Å². The zero-order valence-electron chi connectivity index (χ0n) is 10.2. The topological polar surface area (TPSA) is 32.3 Å². The number of hydrogen-bond acceptors (Lipinski definition) is 2. The SMILES string of the molecule is Cc1cc(NC2CCCC(C)C2)ccc1O. The van der Waals surface area contributed by atoms with Gasteiger partial charge in [0.05, 0.1) is 0 Å². The molecule has 1 aliphatic carbocycles. The van der Waals surface area contributed by atoms with E-state index in [1.165, 1.54) is 25.7 Å². The molecule has 2 heteroatoms. The van der Waals surface area contributed by atoms with Gasteiger partial charge >= 0.3 is 0 Å². The lowest BCUT2D eigenvalue weighted by molar-refractivity contribution is 0.358. The van der Waals surface area contributed by atoms with Crippen LogP contribution in [0.3, 0.4) is 0 Å². The lowest BCUT2D eigenvalue weighted by Crippen LogP contribution is -2.26. The first-order valence-electron chi connectivity index (χ1n) is 6.21. The zero-order valence-corrected chi connectivity index (χ0v) is 10.2. The summed E-state index contributed by atoms with van der Waals surface area (Å²) < 4.78 is 0. The van der Waals surface area contributed by atoms with Crippen molar-refractivity contribution < 1.29 is 5.11 Å². The Balaban J connectivity index is 2.00. The lowest BCUT2D eigenvalue weighted by atomic mass is 9.87. The minimum atomic E-state index is 0.377. The van der Waals surface area contributed by atoms with Gasteiger partial charge in [-0.1, -0.05) is 19.8 Å². The number of anilines is 1. The number of nitrogens with one attached hydrogen (secondary N) is 1. The number of phenols is 1. The third-order valence-corrected chi connectivity index (χ3v) is 3.50. The summed E-state index contributed by atoms with van der Waals surface area (Å²) in [4.78, 5) is 0. The second-order valence-electron chi connectivity index (χ2n) is 5.11. The van der Waals surface area contributed by atoms with Crippen molar-refractivity contribution in [2.45, 2.75) is 45.6 Å². The standard InChI is InChI=1S/C14H21NO/c1-10-4-3-5-12(8-10)15-13-6-7-14(16)11(2)9-13/h6-7,9-10,12,15-16H,3-5,8H2,1-2H3. The molecule has 1 saturated carbocycles. The molecule has 0 amide bonds. The molecule has 0 radical (unpaired) electrons. The Hall–Kier alpha value is -1.18. The number of aryl methyl sites for hydroxylation is 1. The molecule has 16 heavy (non-hydrogen) atoms. The maximum atomic E-state index is 9.46. The molecule has 88 valence electrons. The van der Waals surface area contributed by atoms with Crippen LogP contribution in [-0.4, -0.2) is 11.1 Å². The summed E-state index contributed by atoms with van der Waals surface area (Å²) in [6.45, 7) is 4.26. The molecule has 0 bridgehead atoms. The van der Waals surface area contributed by atoms with E-state index in [1.807, 2.05) is 19.1 Å². The Bertz CT molecular complexity index is 362. The molecule has 0 saturated heterocycles. The molecular formula is C14H21NO. The van der Waals surface area contributed by atoms with E-state index < -0.39 is 0 Å². The first-order valence-corrected chi connectivity index (χ1v) is 6.21. The van der Waals surface area contributed by atoms with Crippen LogP contribution in [0.4, 0.5) is 5.69 Å². The van der Waals surface area contributed by atoms with Crippen molar-refractivity contribution in [3.63, 3.8) is 0 Å². The highest BCUT2D eigenvalue weighted by Crippen LogP contribution is 2.27. The van der Waals surface area contributed by atoms with Crippen LogP contribution < -0.4 is 5.32 Å². The third kappa shape index (κ3) is 2.69. The summed E-state index contributed by atoms with van der Waals surface area (Å²) in [5.41, 5.74) is 2.07. The van der Waals surface area contributed by atoms with Crippen molar-refractivity contribution in [3.05, 3.63) is 23.8 Å². The fourth-order valence-corrected chi connectivity index (χ4v) is 2.55. The minimum absolute atomic E-state index is 0.377. The van der Waals surface area contributed by atoms with Gasteiger partial charge in [-0.25, -0.2) is 0 Å². The first-order chi connectivity index (χ1) is 7.65. The summed E-state index contributed by atoms with van der Waals surface area (Å²) >= 11 is 0. The van der Waals surface area contributed by atoms with Gasteiger partial charge in [-0.15, -0.1) is 0 Å². The van der Waals surface area contributed by atoms with E-state index >= 15 is 0 Å². The summed E-state index contributed by atoms with van der Waals surface area (Å²) in [5.74, 6) is 1.21. The number of aromatic hydroxyl groups is 1.